The Hall–Kier alpha value is -1.75. The molecule has 1 aromatic carbocycles. The molecule has 1 aromatic rings. The number of hydrogen-bond donors (Lipinski definition) is 1. The molecule has 5 heteroatoms. The molecular formula is C22H33NO4. The Bertz CT molecular complexity index is 685. The fraction of sp³-hybridized carbons (Fsp3) is 0.682. The second-order valence-corrected chi connectivity index (χ2v) is 9.21. The molecule has 0 radical (unpaired) electrons. The molecule has 2 unspecified atom stereocenters. The summed E-state index contributed by atoms with van der Waals surface area (Å²) >= 11 is 0. The summed E-state index contributed by atoms with van der Waals surface area (Å²) in [6, 6.07) is 4.09. The van der Waals surface area contributed by atoms with Gasteiger partial charge in [0.05, 0.1) is 12.7 Å². The minimum Gasteiger partial charge on any atom is -0.496 e. The fourth-order valence-corrected chi connectivity index (χ4v) is 4.82. The highest BCUT2D eigenvalue weighted by Crippen LogP contribution is 2.45. The molecule has 2 bridgehead atoms. The fourth-order valence-electron chi connectivity index (χ4n) is 4.82. The third-order valence-corrected chi connectivity index (χ3v) is 5.81. The molecule has 2 aliphatic heterocycles. The molecule has 2 heterocycles. The van der Waals surface area contributed by atoms with Crippen LogP contribution in [0.1, 0.15) is 69.6 Å². The maximum absolute atomic E-state index is 12.8. The smallest absolute Gasteiger partial charge is 0.410 e. The van der Waals surface area contributed by atoms with Gasteiger partial charge in [0.2, 0.25) is 0 Å². The molecule has 0 aromatic heterocycles. The number of piperidine rings is 2. The highest BCUT2D eigenvalue weighted by molar-refractivity contribution is 5.69. The SMILES string of the molecule is COc1c(C)cc(C2(O)CC3CCCC(C2)N3C(=O)OC(C)(C)C)cc1C. The van der Waals surface area contributed by atoms with Gasteiger partial charge in [0.1, 0.15) is 11.4 Å². The van der Waals surface area contributed by atoms with Crippen molar-refractivity contribution in [2.75, 3.05) is 7.11 Å². The van der Waals surface area contributed by atoms with Gasteiger partial charge in [-0.05, 0) is 82.7 Å². The number of methoxy groups -OCH3 is 1. The second-order valence-electron chi connectivity index (χ2n) is 9.21. The van der Waals surface area contributed by atoms with E-state index in [4.69, 9.17) is 9.47 Å². The van der Waals surface area contributed by atoms with Crippen LogP contribution in [-0.2, 0) is 10.3 Å². The Balaban J connectivity index is 1.88. The van der Waals surface area contributed by atoms with Crippen LogP contribution in [0, 0.1) is 13.8 Å². The molecule has 0 spiro atoms. The van der Waals surface area contributed by atoms with E-state index in [0.29, 0.717) is 12.8 Å². The van der Waals surface area contributed by atoms with Gasteiger partial charge in [-0.1, -0.05) is 0 Å². The summed E-state index contributed by atoms with van der Waals surface area (Å²) < 4.78 is 11.1. The Morgan fingerprint density at radius 3 is 2.11 bits per heavy atom. The molecular weight excluding hydrogens is 342 g/mol. The van der Waals surface area contributed by atoms with Crippen molar-refractivity contribution >= 4 is 6.09 Å². The largest absolute Gasteiger partial charge is 0.496 e. The summed E-state index contributed by atoms with van der Waals surface area (Å²) in [4.78, 5) is 14.7. The Morgan fingerprint density at radius 1 is 1.15 bits per heavy atom. The molecule has 2 fully saturated rings. The lowest BCUT2D eigenvalue weighted by molar-refractivity contribution is -0.0965. The van der Waals surface area contributed by atoms with Crippen molar-refractivity contribution in [1.29, 1.82) is 0 Å². The molecule has 0 aliphatic carbocycles. The van der Waals surface area contributed by atoms with E-state index in [1.54, 1.807) is 7.11 Å². The Morgan fingerprint density at radius 2 is 1.67 bits per heavy atom. The van der Waals surface area contributed by atoms with Crippen LogP contribution in [0.3, 0.4) is 0 Å². The zero-order valence-electron chi connectivity index (χ0n) is 17.5. The van der Waals surface area contributed by atoms with Crippen LogP contribution < -0.4 is 4.74 Å². The van der Waals surface area contributed by atoms with Gasteiger partial charge >= 0.3 is 6.09 Å². The van der Waals surface area contributed by atoms with Crippen LogP contribution in [0.5, 0.6) is 5.75 Å². The summed E-state index contributed by atoms with van der Waals surface area (Å²) in [7, 11) is 1.67. The van der Waals surface area contributed by atoms with Gasteiger partial charge in [0.15, 0.2) is 0 Å². The number of rotatable bonds is 2. The minimum atomic E-state index is -0.921. The van der Waals surface area contributed by atoms with Gasteiger partial charge in [0, 0.05) is 24.9 Å². The van der Waals surface area contributed by atoms with E-state index in [1.807, 2.05) is 51.7 Å². The summed E-state index contributed by atoms with van der Waals surface area (Å²) in [6.07, 6.45) is 3.76. The first-order chi connectivity index (χ1) is 12.5. The molecule has 2 aliphatic rings. The summed E-state index contributed by atoms with van der Waals surface area (Å²) in [5.74, 6) is 0.869. The first-order valence-corrected chi connectivity index (χ1v) is 9.93. The normalized spacial score (nSPS) is 28.0. The minimum absolute atomic E-state index is 0.0139. The van der Waals surface area contributed by atoms with Gasteiger partial charge in [-0.25, -0.2) is 4.79 Å². The van der Waals surface area contributed by atoms with Crippen molar-refractivity contribution in [3.63, 3.8) is 0 Å². The van der Waals surface area contributed by atoms with E-state index in [0.717, 1.165) is 41.7 Å². The molecule has 2 atom stereocenters. The Kier molecular flexibility index (Phi) is 5.19. The van der Waals surface area contributed by atoms with E-state index in [2.05, 4.69) is 0 Å². The molecule has 150 valence electrons. The highest BCUT2D eigenvalue weighted by atomic mass is 16.6. The number of aryl methyl sites for hydroxylation is 2. The van der Waals surface area contributed by atoms with Crippen molar-refractivity contribution in [3.8, 4) is 5.75 Å². The maximum Gasteiger partial charge on any atom is 0.410 e. The number of fused-ring (bicyclic) bond motifs is 2. The zero-order valence-corrected chi connectivity index (χ0v) is 17.5. The van der Waals surface area contributed by atoms with Gasteiger partial charge in [-0.2, -0.15) is 0 Å². The molecule has 3 rings (SSSR count). The van der Waals surface area contributed by atoms with Gasteiger partial charge in [0.25, 0.3) is 0 Å². The van der Waals surface area contributed by atoms with Crippen LogP contribution in [0.15, 0.2) is 12.1 Å². The molecule has 1 N–H and O–H groups in total. The molecule has 1 amide bonds. The third-order valence-electron chi connectivity index (χ3n) is 5.81. The maximum atomic E-state index is 12.8. The third kappa shape index (κ3) is 3.93. The number of amides is 1. The van der Waals surface area contributed by atoms with E-state index in [9.17, 15) is 9.90 Å². The second kappa shape index (κ2) is 7.01. The van der Waals surface area contributed by atoms with E-state index in [1.165, 1.54) is 0 Å². The standard InChI is InChI=1S/C22H33NO4/c1-14-10-16(11-15(2)19(14)26-6)22(25)12-17-8-7-9-18(13-22)23(17)20(24)27-21(3,4)5/h10-11,17-18,25H,7-9,12-13H2,1-6H3. The van der Waals surface area contributed by atoms with Crippen LogP contribution in [0.2, 0.25) is 0 Å². The van der Waals surface area contributed by atoms with Crippen LogP contribution >= 0.6 is 0 Å². The average Bonchev–Trinajstić information content (AvgIpc) is 2.52. The zero-order chi connectivity index (χ0) is 20.0. The van der Waals surface area contributed by atoms with Gasteiger partial charge < -0.3 is 19.5 Å². The molecule has 27 heavy (non-hydrogen) atoms. The first kappa shape index (κ1) is 20.0. The van der Waals surface area contributed by atoms with Gasteiger partial charge in [-0.3, -0.25) is 0 Å². The predicted octanol–water partition coefficient (Wildman–Crippen LogP) is 4.45. The molecule has 2 saturated heterocycles. The number of hydrogen-bond acceptors (Lipinski definition) is 4. The summed E-state index contributed by atoms with van der Waals surface area (Å²) in [6.45, 7) is 9.70. The topological polar surface area (TPSA) is 59.0 Å². The lowest BCUT2D eigenvalue weighted by Gasteiger charge is -2.52. The molecule has 0 saturated carbocycles. The lowest BCUT2D eigenvalue weighted by Crippen LogP contribution is -2.59. The number of ether oxygens (including phenoxy) is 2. The van der Waals surface area contributed by atoms with Crippen LogP contribution in [-0.4, -0.2) is 40.9 Å². The number of nitrogens with zero attached hydrogens (tertiary/aromatic N) is 1. The number of benzene rings is 1. The van der Waals surface area contributed by atoms with Gasteiger partial charge in [-0.15, -0.1) is 0 Å². The summed E-state index contributed by atoms with van der Waals surface area (Å²) in [5.41, 5.74) is 1.56. The summed E-state index contributed by atoms with van der Waals surface area (Å²) in [5, 5.41) is 11.6. The number of carbonyl (C=O) groups excluding carboxylic acids is 1. The van der Waals surface area contributed by atoms with Crippen LogP contribution in [0.25, 0.3) is 0 Å². The monoisotopic (exact) mass is 375 g/mol. The average molecular weight is 376 g/mol. The quantitative estimate of drug-likeness (QED) is 0.829. The van der Waals surface area contributed by atoms with E-state index < -0.39 is 11.2 Å². The molecule has 5 nitrogen and oxygen atoms in total. The van der Waals surface area contributed by atoms with Crippen molar-refractivity contribution in [3.05, 3.63) is 28.8 Å². The van der Waals surface area contributed by atoms with Crippen molar-refractivity contribution < 1.29 is 19.4 Å². The van der Waals surface area contributed by atoms with E-state index >= 15 is 0 Å². The Labute approximate surface area is 162 Å². The van der Waals surface area contributed by atoms with Crippen molar-refractivity contribution in [2.45, 2.75) is 90.0 Å². The lowest BCUT2D eigenvalue weighted by atomic mass is 9.72. The van der Waals surface area contributed by atoms with E-state index in [-0.39, 0.29) is 18.2 Å². The number of aliphatic hydroxyl groups is 1. The van der Waals surface area contributed by atoms with Crippen molar-refractivity contribution in [2.24, 2.45) is 0 Å². The number of carbonyl (C=O) groups is 1. The first-order valence-electron chi connectivity index (χ1n) is 9.93. The predicted molar refractivity (Wildman–Crippen MR) is 105 cm³/mol. The highest BCUT2D eigenvalue weighted by Gasteiger charge is 2.49. The van der Waals surface area contributed by atoms with Crippen LogP contribution in [0.4, 0.5) is 4.79 Å². The van der Waals surface area contributed by atoms with Crippen molar-refractivity contribution in [1.82, 2.24) is 4.90 Å².